The summed E-state index contributed by atoms with van der Waals surface area (Å²) in [4.78, 5) is 25.3. The van der Waals surface area contributed by atoms with Gasteiger partial charge in [0.15, 0.2) is 22.7 Å². The minimum Gasteiger partial charge on any atom is -0.394 e. The van der Waals surface area contributed by atoms with Gasteiger partial charge in [-0.1, -0.05) is 24.3 Å². The van der Waals surface area contributed by atoms with Crippen LogP contribution in [0.15, 0.2) is 55.6 Å². The maximum Gasteiger partial charge on any atom is 0.256 e. The summed E-state index contributed by atoms with van der Waals surface area (Å²) in [5.74, 6) is -0.108. The first-order chi connectivity index (χ1) is 15.0. The van der Waals surface area contributed by atoms with Crippen molar-refractivity contribution in [1.29, 1.82) is 0 Å². The normalized spacial score (nSPS) is 25.6. The van der Waals surface area contributed by atoms with Crippen molar-refractivity contribution in [3.8, 4) is 0 Å². The minimum atomic E-state index is -1.32. The first-order valence-corrected chi connectivity index (χ1v) is 9.73. The molecule has 1 saturated heterocycles. The van der Waals surface area contributed by atoms with Crippen LogP contribution in [0.1, 0.15) is 17.3 Å². The van der Waals surface area contributed by atoms with Gasteiger partial charge in [-0.05, 0) is 19.1 Å². The number of hydrogen-bond acceptors (Lipinski definition) is 8. The molecule has 10 nitrogen and oxygen atoms in total. The number of aliphatic hydroxyl groups excluding tert-OH is 2. The Morgan fingerprint density at radius 3 is 2.84 bits per heavy atom. The summed E-state index contributed by atoms with van der Waals surface area (Å²) < 4.78 is 13.1. The van der Waals surface area contributed by atoms with Crippen LogP contribution in [0.25, 0.3) is 11.2 Å². The molecule has 0 radical (unpaired) electrons. The number of aromatic nitrogens is 4. The lowest BCUT2D eigenvalue weighted by molar-refractivity contribution is -0.132. The third kappa shape index (κ3) is 3.70. The van der Waals surface area contributed by atoms with E-state index >= 15 is 0 Å². The third-order valence-electron chi connectivity index (χ3n) is 5.28. The number of carbonyl (C=O) groups excluding carboxylic acids is 1. The van der Waals surface area contributed by atoms with E-state index in [1.807, 2.05) is 6.07 Å². The highest BCUT2D eigenvalue weighted by molar-refractivity contribution is 6.06. The van der Waals surface area contributed by atoms with Crippen LogP contribution in [-0.4, -0.2) is 67.2 Å². The maximum atomic E-state index is 12.5. The SMILES string of the molecule is C=CCO[C@H]1[C@@H](O)[C@](C)(n2cnc3c(NC(=O)c4ccccc4)ncnc32)O[C@@H]1CO. The van der Waals surface area contributed by atoms with E-state index in [0.29, 0.717) is 16.7 Å². The average molecular weight is 425 g/mol. The molecule has 3 aromatic rings. The van der Waals surface area contributed by atoms with E-state index in [1.165, 1.54) is 12.7 Å². The smallest absolute Gasteiger partial charge is 0.256 e. The zero-order valence-electron chi connectivity index (χ0n) is 16.9. The first-order valence-electron chi connectivity index (χ1n) is 9.73. The Bertz CT molecular complexity index is 1090. The van der Waals surface area contributed by atoms with Gasteiger partial charge in [0.05, 0.1) is 19.5 Å². The summed E-state index contributed by atoms with van der Waals surface area (Å²) in [5.41, 5.74) is -0.160. The number of nitrogens with zero attached hydrogens (tertiary/aromatic N) is 4. The summed E-state index contributed by atoms with van der Waals surface area (Å²) in [5, 5.41) is 23.4. The van der Waals surface area contributed by atoms with Crippen LogP contribution in [0.2, 0.25) is 0 Å². The van der Waals surface area contributed by atoms with E-state index in [2.05, 4.69) is 26.8 Å². The van der Waals surface area contributed by atoms with Crippen LogP contribution in [-0.2, 0) is 15.2 Å². The van der Waals surface area contributed by atoms with Crippen molar-refractivity contribution in [2.45, 2.75) is 31.0 Å². The lowest BCUT2D eigenvalue weighted by Gasteiger charge is -2.29. The molecular formula is C21H23N5O5. The van der Waals surface area contributed by atoms with Crippen molar-refractivity contribution < 1.29 is 24.5 Å². The second-order valence-electron chi connectivity index (χ2n) is 7.25. The molecule has 0 aliphatic carbocycles. The number of benzene rings is 1. The van der Waals surface area contributed by atoms with Crippen molar-refractivity contribution in [1.82, 2.24) is 19.5 Å². The first kappa shape index (κ1) is 21.1. The molecular weight excluding hydrogens is 402 g/mol. The topological polar surface area (TPSA) is 132 Å². The van der Waals surface area contributed by atoms with Gasteiger partial charge in [-0.3, -0.25) is 9.36 Å². The molecule has 1 amide bonds. The van der Waals surface area contributed by atoms with Crippen molar-refractivity contribution in [2.24, 2.45) is 0 Å². The molecule has 3 heterocycles. The monoisotopic (exact) mass is 425 g/mol. The van der Waals surface area contributed by atoms with Gasteiger partial charge in [0.2, 0.25) is 0 Å². The molecule has 1 fully saturated rings. The quantitative estimate of drug-likeness (QED) is 0.479. The van der Waals surface area contributed by atoms with Crippen molar-refractivity contribution >= 4 is 22.9 Å². The van der Waals surface area contributed by atoms with Gasteiger partial charge >= 0.3 is 0 Å². The molecule has 1 aromatic carbocycles. The maximum absolute atomic E-state index is 12.5. The van der Waals surface area contributed by atoms with Crippen LogP contribution in [0, 0.1) is 0 Å². The summed E-state index contributed by atoms with van der Waals surface area (Å²) >= 11 is 0. The molecule has 31 heavy (non-hydrogen) atoms. The molecule has 162 valence electrons. The number of anilines is 1. The fourth-order valence-electron chi connectivity index (χ4n) is 3.69. The van der Waals surface area contributed by atoms with Gasteiger partial charge in [0.1, 0.15) is 24.6 Å². The second kappa shape index (κ2) is 8.52. The van der Waals surface area contributed by atoms with Crippen molar-refractivity contribution in [3.05, 3.63) is 61.2 Å². The van der Waals surface area contributed by atoms with E-state index in [9.17, 15) is 15.0 Å². The number of hydrogen-bond donors (Lipinski definition) is 3. The molecule has 2 aromatic heterocycles. The Morgan fingerprint density at radius 1 is 1.35 bits per heavy atom. The van der Waals surface area contributed by atoms with E-state index in [1.54, 1.807) is 41.8 Å². The van der Waals surface area contributed by atoms with Gasteiger partial charge in [-0.15, -0.1) is 6.58 Å². The number of rotatable bonds is 7. The predicted octanol–water partition coefficient (Wildman–Crippen LogP) is 1.07. The molecule has 0 unspecified atom stereocenters. The Labute approximate surface area is 178 Å². The average Bonchev–Trinajstić information content (AvgIpc) is 3.34. The Kier molecular flexibility index (Phi) is 5.79. The highest BCUT2D eigenvalue weighted by Gasteiger charge is 2.54. The molecule has 4 atom stereocenters. The van der Waals surface area contributed by atoms with E-state index < -0.39 is 24.0 Å². The fraction of sp³-hybridized carbons (Fsp3) is 0.333. The summed E-state index contributed by atoms with van der Waals surface area (Å²) in [6.07, 6.45) is 1.64. The highest BCUT2D eigenvalue weighted by Crippen LogP contribution is 2.38. The predicted molar refractivity (Wildman–Crippen MR) is 111 cm³/mol. The minimum absolute atomic E-state index is 0.195. The molecule has 0 spiro atoms. The van der Waals surface area contributed by atoms with Crippen LogP contribution < -0.4 is 5.32 Å². The van der Waals surface area contributed by atoms with Gasteiger partial charge in [-0.25, -0.2) is 15.0 Å². The van der Waals surface area contributed by atoms with E-state index in [4.69, 9.17) is 9.47 Å². The van der Waals surface area contributed by atoms with E-state index in [0.717, 1.165) is 0 Å². The largest absolute Gasteiger partial charge is 0.394 e. The number of imidazole rings is 1. The zero-order chi connectivity index (χ0) is 22.0. The van der Waals surface area contributed by atoms with Crippen molar-refractivity contribution in [3.63, 3.8) is 0 Å². The Balaban J connectivity index is 1.67. The highest BCUT2D eigenvalue weighted by atomic mass is 16.6. The lowest BCUT2D eigenvalue weighted by atomic mass is 10.0. The van der Waals surface area contributed by atoms with Crippen LogP contribution in [0.4, 0.5) is 5.82 Å². The molecule has 0 saturated carbocycles. The van der Waals surface area contributed by atoms with Crippen LogP contribution >= 0.6 is 0 Å². The number of nitrogens with one attached hydrogen (secondary N) is 1. The Morgan fingerprint density at radius 2 is 2.13 bits per heavy atom. The number of ether oxygens (including phenoxy) is 2. The van der Waals surface area contributed by atoms with Crippen LogP contribution in [0.3, 0.4) is 0 Å². The summed E-state index contributed by atoms with van der Waals surface area (Å²) in [6, 6.07) is 8.73. The lowest BCUT2D eigenvalue weighted by Crippen LogP contribution is -2.44. The molecule has 10 heteroatoms. The number of carbonyl (C=O) groups is 1. The van der Waals surface area contributed by atoms with Gasteiger partial charge in [-0.2, -0.15) is 0 Å². The number of amides is 1. The third-order valence-corrected chi connectivity index (χ3v) is 5.28. The molecule has 1 aliphatic rings. The number of aliphatic hydroxyl groups is 2. The van der Waals surface area contributed by atoms with Crippen molar-refractivity contribution in [2.75, 3.05) is 18.5 Å². The molecule has 3 N–H and O–H groups in total. The molecule has 4 rings (SSSR count). The van der Waals surface area contributed by atoms with Crippen LogP contribution in [0.5, 0.6) is 0 Å². The van der Waals surface area contributed by atoms with Gasteiger partial charge in [0, 0.05) is 5.56 Å². The molecule has 0 bridgehead atoms. The Hall–Kier alpha value is -3.18. The standard InChI is InChI=1S/C21H23N5O5/c1-3-9-30-16-14(10-27)31-21(2,17(16)28)26-12-24-15-18(22-11-23-19(15)26)25-20(29)13-7-5-4-6-8-13/h3-8,11-12,14,16-17,27-28H,1,9-10H2,2H3,(H,22,23,25,29)/t14-,16-,17-,21-/m1/s1. The van der Waals surface area contributed by atoms with E-state index in [-0.39, 0.29) is 24.9 Å². The molecule has 1 aliphatic heterocycles. The number of fused-ring (bicyclic) bond motifs is 1. The second-order valence-corrected chi connectivity index (χ2v) is 7.25. The fourth-order valence-corrected chi connectivity index (χ4v) is 3.69. The summed E-state index contributed by atoms with van der Waals surface area (Å²) in [7, 11) is 0. The zero-order valence-corrected chi connectivity index (χ0v) is 16.9. The summed E-state index contributed by atoms with van der Waals surface area (Å²) in [6.45, 7) is 5.11. The van der Waals surface area contributed by atoms with Gasteiger partial charge in [0.25, 0.3) is 5.91 Å². The van der Waals surface area contributed by atoms with Gasteiger partial charge < -0.3 is 25.0 Å².